The van der Waals surface area contributed by atoms with Gasteiger partial charge in [-0.3, -0.25) is 19.3 Å². The van der Waals surface area contributed by atoms with Gasteiger partial charge >= 0.3 is 0 Å². The average molecular weight is 399 g/mol. The molecule has 0 aliphatic carbocycles. The third-order valence-corrected chi connectivity index (χ3v) is 6.52. The minimum atomic E-state index is -0.356. The number of piperidine rings is 1. The molecule has 0 saturated carbocycles. The number of ether oxygens (including phenoxy) is 1. The van der Waals surface area contributed by atoms with E-state index in [9.17, 15) is 14.4 Å². The van der Waals surface area contributed by atoms with Crippen LogP contribution in [0.25, 0.3) is 0 Å². The Bertz CT molecular complexity index is 771. The molecule has 3 fully saturated rings. The second kappa shape index (κ2) is 8.53. The molecule has 1 aromatic rings. The van der Waals surface area contributed by atoms with Gasteiger partial charge in [-0.15, -0.1) is 0 Å². The van der Waals surface area contributed by atoms with Gasteiger partial charge < -0.3 is 9.64 Å². The minimum absolute atomic E-state index is 0.124. The van der Waals surface area contributed by atoms with Crippen LogP contribution in [-0.4, -0.2) is 66.9 Å². The van der Waals surface area contributed by atoms with Gasteiger partial charge in [0.1, 0.15) is 5.75 Å². The molecule has 7 heteroatoms. The van der Waals surface area contributed by atoms with E-state index in [0.29, 0.717) is 23.8 Å². The lowest BCUT2D eigenvalue weighted by molar-refractivity contribution is -0.128. The van der Waals surface area contributed by atoms with E-state index in [1.165, 1.54) is 4.90 Å². The molecule has 1 aromatic carbocycles. The summed E-state index contributed by atoms with van der Waals surface area (Å²) in [5.41, 5.74) is 0.605. The highest BCUT2D eigenvalue weighted by atomic mass is 16.5. The van der Waals surface area contributed by atoms with E-state index in [1.807, 2.05) is 4.90 Å². The molecule has 3 heterocycles. The van der Waals surface area contributed by atoms with Crippen molar-refractivity contribution in [3.8, 4) is 5.75 Å². The third-order valence-electron chi connectivity index (χ3n) is 6.52. The maximum absolute atomic E-state index is 13.0. The topological polar surface area (TPSA) is 70.2 Å². The Morgan fingerprint density at radius 2 is 1.72 bits per heavy atom. The zero-order valence-electron chi connectivity index (χ0n) is 17.0. The van der Waals surface area contributed by atoms with Crippen LogP contribution in [0.1, 0.15) is 38.5 Å². The lowest BCUT2D eigenvalue weighted by Crippen LogP contribution is -2.46. The highest BCUT2D eigenvalue weighted by Crippen LogP contribution is 2.30. The summed E-state index contributed by atoms with van der Waals surface area (Å²) >= 11 is 0. The van der Waals surface area contributed by atoms with Crippen LogP contribution in [0.5, 0.6) is 5.75 Å². The number of benzene rings is 1. The summed E-state index contributed by atoms with van der Waals surface area (Å²) in [7, 11) is 1.59. The number of methoxy groups -OCH3 is 1. The lowest BCUT2D eigenvalue weighted by atomic mass is 9.92. The standard InChI is InChI=1S/C22H29N3O4/c1-29-18-6-4-17(5-7-18)25-21(27)15-19(22(25)28)23-12-8-16(9-13-23)10-14-24-11-2-3-20(24)26/h4-7,16,19H,2-3,8-15H2,1H3/t19-/m0/s1. The highest BCUT2D eigenvalue weighted by Gasteiger charge is 2.43. The zero-order chi connectivity index (χ0) is 20.4. The van der Waals surface area contributed by atoms with Crippen molar-refractivity contribution >= 4 is 23.4 Å². The summed E-state index contributed by atoms with van der Waals surface area (Å²) in [6, 6.07) is 6.68. The van der Waals surface area contributed by atoms with Crippen LogP contribution in [0.3, 0.4) is 0 Å². The average Bonchev–Trinajstić information content (AvgIpc) is 3.29. The van der Waals surface area contributed by atoms with Gasteiger partial charge in [-0.05, 0) is 69.0 Å². The van der Waals surface area contributed by atoms with Gasteiger partial charge in [0.15, 0.2) is 0 Å². The third kappa shape index (κ3) is 4.15. The van der Waals surface area contributed by atoms with Crippen LogP contribution in [0.2, 0.25) is 0 Å². The molecule has 3 aliphatic heterocycles. The van der Waals surface area contributed by atoms with Crippen LogP contribution in [0, 0.1) is 5.92 Å². The Morgan fingerprint density at radius 1 is 1.00 bits per heavy atom. The van der Waals surface area contributed by atoms with Crippen molar-refractivity contribution < 1.29 is 19.1 Å². The quantitative estimate of drug-likeness (QED) is 0.685. The molecule has 3 saturated heterocycles. The minimum Gasteiger partial charge on any atom is -0.497 e. The molecule has 1 atom stereocenters. The Hall–Kier alpha value is -2.41. The molecular weight excluding hydrogens is 370 g/mol. The zero-order valence-corrected chi connectivity index (χ0v) is 17.0. The van der Waals surface area contributed by atoms with E-state index < -0.39 is 0 Å². The van der Waals surface area contributed by atoms with Gasteiger partial charge in [-0.2, -0.15) is 0 Å². The molecule has 3 amide bonds. The van der Waals surface area contributed by atoms with Crippen molar-refractivity contribution in [1.29, 1.82) is 0 Å². The summed E-state index contributed by atoms with van der Waals surface area (Å²) in [6.45, 7) is 3.42. The van der Waals surface area contributed by atoms with E-state index in [2.05, 4.69) is 4.90 Å². The number of anilines is 1. The van der Waals surface area contributed by atoms with Crippen molar-refractivity contribution in [2.45, 2.75) is 44.6 Å². The van der Waals surface area contributed by atoms with Crippen molar-refractivity contribution in [1.82, 2.24) is 9.80 Å². The van der Waals surface area contributed by atoms with Gasteiger partial charge in [0.05, 0.1) is 25.3 Å². The molecule has 156 valence electrons. The Labute approximate surface area is 171 Å². The van der Waals surface area contributed by atoms with Crippen molar-refractivity contribution in [3.05, 3.63) is 24.3 Å². The molecule has 0 bridgehead atoms. The smallest absolute Gasteiger partial charge is 0.251 e. The van der Waals surface area contributed by atoms with E-state index in [1.54, 1.807) is 31.4 Å². The number of amides is 3. The number of carbonyl (C=O) groups is 3. The molecule has 0 aromatic heterocycles. The molecule has 7 nitrogen and oxygen atoms in total. The number of rotatable bonds is 6. The second-order valence-electron chi connectivity index (χ2n) is 8.24. The SMILES string of the molecule is COc1ccc(N2C(=O)C[C@H](N3CCC(CCN4CCCC4=O)CC3)C2=O)cc1. The maximum atomic E-state index is 13.0. The van der Waals surface area contributed by atoms with E-state index in [0.717, 1.165) is 51.9 Å². The first-order chi connectivity index (χ1) is 14.1. The predicted octanol–water partition coefficient (Wildman–Crippen LogP) is 2.05. The van der Waals surface area contributed by atoms with Crippen LogP contribution in [-0.2, 0) is 14.4 Å². The van der Waals surface area contributed by atoms with Crippen molar-refractivity contribution in [2.75, 3.05) is 38.2 Å². The number of likely N-dealkylation sites (tertiary alicyclic amines) is 2. The number of hydrogen-bond donors (Lipinski definition) is 0. The fourth-order valence-electron chi connectivity index (χ4n) is 4.74. The lowest BCUT2D eigenvalue weighted by Gasteiger charge is -2.35. The molecule has 29 heavy (non-hydrogen) atoms. The first kappa shape index (κ1) is 19.9. The largest absolute Gasteiger partial charge is 0.497 e. The summed E-state index contributed by atoms with van der Waals surface area (Å²) < 4.78 is 5.15. The normalized spacial score (nSPS) is 24.0. The first-order valence-corrected chi connectivity index (χ1v) is 10.6. The first-order valence-electron chi connectivity index (χ1n) is 10.6. The number of nitrogens with zero attached hydrogens (tertiary/aromatic N) is 3. The van der Waals surface area contributed by atoms with E-state index in [-0.39, 0.29) is 30.2 Å². The summed E-state index contributed by atoms with van der Waals surface area (Å²) in [5, 5.41) is 0. The Morgan fingerprint density at radius 3 is 2.34 bits per heavy atom. The second-order valence-corrected chi connectivity index (χ2v) is 8.24. The number of carbonyl (C=O) groups excluding carboxylic acids is 3. The number of hydrogen-bond acceptors (Lipinski definition) is 5. The fourth-order valence-corrected chi connectivity index (χ4v) is 4.74. The molecule has 0 unspecified atom stereocenters. The van der Waals surface area contributed by atoms with Crippen molar-refractivity contribution in [2.24, 2.45) is 5.92 Å². The Kier molecular flexibility index (Phi) is 5.85. The van der Waals surface area contributed by atoms with Gasteiger partial charge in [0.2, 0.25) is 11.8 Å². The molecule has 4 rings (SSSR count). The molecule has 0 spiro atoms. The van der Waals surface area contributed by atoms with E-state index in [4.69, 9.17) is 4.74 Å². The monoisotopic (exact) mass is 399 g/mol. The Balaban J connectivity index is 1.31. The molecule has 3 aliphatic rings. The summed E-state index contributed by atoms with van der Waals surface area (Å²) in [5.74, 6) is 1.31. The van der Waals surface area contributed by atoms with Gasteiger partial charge in [0, 0.05) is 19.5 Å². The summed E-state index contributed by atoms with van der Waals surface area (Å²) in [4.78, 5) is 42.7. The van der Waals surface area contributed by atoms with Crippen LogP contribution in [0.15, 0.2) is 24.3 Å². The van der Waals surface area contributed by atoms with Gasteiger partial charge in [-0.25, -0.2) is 4.90 Å². The van der Waals surface area contributed by atoms with Crippen molar-refractivity contribution in [3.63, 3.8) is 0 Å². The maximum Gasteiger partial charge on any atom is 0.251 e. The van der Waals surface area contributed by atoms with Gasteiger partial charge in [0.25, 0.3) is 5.91 Å². The van der Waals surface area contributed by atoms with Crippen LogP contribution in [0.4, 0.5) is 5.69 Å². The number of imide groups is 1. The van der Waals surface area contributed by atoms with Crippen LogP contribution >= 0.6 is 0 Å². The van der Waals surface area contributed by atoms with Gasteiger partial charge in [-0.1, -0.05) is 0 Å². The van der Waals surface area contributed by atoms with Crippen LogP contribution < -0.4 is 9.64 Å². The predicted molar refractivity (Wildman–Crippen MR) is 109 cm³/mol. The molecular formula is C22H29N3O4. The fraction of sp³-hybridized carbons (Fsp3) is 0.591. The summed E-state index contributed by atoms with van der Waals surface area (Å²) in [6.07, 6.45) is 5.00. The highest BCUT2D eigenvalue weighted by molar-refractivity contribution is 6.22. The molecule has 0 N–H and O–H groups in total. The van der Waals surface area contributed by atoms with E-state index >= 15 is 0 Å². The molecule has 0 radical (unpaired) electrons.